The molecule has 0 spiro atoms. The van der Waals surface area contributed by atoms with Gasteiger partial charge in [-0.1, -0.05) is 18.2 Å². The molecule has 33 heavy (non-hydrogen) atoms. The molecule has 3 N–H and O–H groups in total. The second kappa shape index (κ2) is 8.83. The van der Waals surface area contributed by atoms with E-state index in [-0.39, 0.29) is 22.5 Å². The van der Waals surface area contributed by atoms with E-state index in [9.17, 15) is 19.2 Å². The number of benzene rings is 3. The minimum Gasteiger partial charge on any atom is -0.482 e. The van der Waals surface area contributed by atoms with Gasteiger partial charge in [-0.25, -0.2) is 9.59 Å². The van der Waals surface area contributed by atoms with Gasteiger partial charge in [0.1, 0.15) is 17.1 Å². The lowest BCUT2D eigenvalue weighted by atomic mass is 9.91. The second-order valence-electron chi connectivity index (χ2n) is 7.06. The molecule has 1 aliphatic carbocycles. The van der Waals surface area contributed by atoms with E-state index in [1.54, 1.807) is 42.5 Å². The Hall–Kier alpha value is -4.66. The van der Waals surface area contributed by atoms with E-state index in [4.69, 9.17) is 24.7 Å². The summed E-state index contributed by atoms with van der Waals surface area (Å²) >= 11 is 0. The van der Waals surface area contributed by atoms with Gasteiger partial charge in [-0.3, -0.25) is 9.59 Å². The average molecular weight is 447 g/mol. The third kappa shape index (κ3) is 4.52. The minimum atomic E-state index is -1.13. The topological polar surface area (TPSA) is 146 Å². The van der Waals surface area contributed by atoms with Crippen molar-refractivity contribution in [2.45, 2.75) is 0 Å². The zero-order valence-electron chi connectivity index (χ0n) is 17.1. The van der Waals surface area contributed by atoms with Crippen molar-refractivity contribution in [3.8, 4) is 28.2 Å². The van der Waals surface area contributed by atoms with Crippen molar-refractivity contribution in [3.63, 3.8) is 0 Å². The maximum atomic E-state index is 12.7. The summed E-state index contributed by atoms with van der Waals surface area (Å²) in [4.78, 5) is 46.5. The van der Waals surface area contributed by atoms with Gasteiger partial charge in [-0.15, -0.1) is 0 Å². The summed E-state index contributed by atoms with van der Waals surface area (Å²) in [5, 5.41) is 9.44. The fourth-order valence-corrected chi connectivity index (χ4v) is 3.47. The molecule has 0 unspecified atom stereocenters. The Morgan fingerprint density at radius 2 is 1.73 bits per heavy atom. The Bertz CT molecular complexity index is 1420. The van der Waals surface area contributed by atoms with Crippen LogP contribution in [0.2, 0.25) is 0 Å². The number of ether oxygens (including phenoxy) is 2. The molecule has 0 saturated carbocycles. The summed E-state index contributed by atoms with van der Waals surface area (Å²) in [7, 11) is 0. The van der Waals surface area contributed by atoms with Crippen LogP contribution in [0.4, 0.5) is 0 Å². The highest BCUT2D eigenvalue weighted by Crippen LogP contribution is 2.42. The molecule has 0 aromatic heterocycles. The first kappa shape index (κ1) is 21.6. The first-order valence-electron chi connectivity index (χ1n) is 9.73. The van der Waals surface area contributed by atoms with Crippen molar-refractivity contribution in [3.05, 3.63) is 76.5 Å². The van der Waals surface area contributed by atoms with Gasteiger partial charge >= 0.3 is 11.9 Å². The minimum absolute atomic E-state index is 0.185. The van der Waals surface area contributed by atoms with Gasteiger partial charge in [0.2, 0.25) is 0 Å². The summed E-state index contributed by atoms with van der Waals surface area (Å²) in [6, 6.07) is 15.7. The first-order valence-corrected chi connectivity index (χ1v) is 9.73. The third-order valence-electron chi connectivity index (χ3n) is 4.79. The molecule has 0 bridgehead atoms. The second-order valence-corrected chi connectivity index (χ2v) is 7.06. The Balaban J connectivity index is 1.95. The van der Waals surface area contributed by atoms with E-state index in [0.717, 1.165) is 0 Å². The van der Waals surface area contributed by atoms with Crippen LogP contribution in [-0.4, -0.2) is 36.2 Å². The number of hydrogen-bond donors (Lipinski definition) is 2. The van der Waals surface area contributed by atoms with E-state index >= 15 is 0 Å². The highest BCUT2D eigenvalue weighted by molar-refractivity contribution is 6.08. The predicted molar refractivity (Wildman–Crippen MR) is 117 cm³/mol. The summed E-state index contributed by atoms with van der Waals surface area (Å²) in [6.45, 7) is -1.10. The van der Waals surface area contributed by atoms with E-state index in [1.165, 1.54) is 18.2 Å². The van der Waals surface area contributed by atoms with Gasteiger partial charge in [0.15, 0.2) is 18.6 Å². The lowest BCUT2D eigenvalue weighted by Crippen LogP contribution is -2.21. The molecular formula is C24H17NO8. The molecule has 2 aromatic carbocycles. The Morgan fingerprint density at radius 1 is 0.939 bits per heavy atom. The molecule has 1 aliphatic heterocycles. The molecule has 2 aliphatic rings. The van der Waals surface area contributed by atoms with Gasteiger partial charge in [0.05, 0.1) is 5.56 Å². The van der Waals surface area contributed by atoms with Crippen LogP contribution in [0.5, 0.6) is 5.75 Å². The summed E-state index contributed by atoms with van der Waals surface area (Å²) in [5.41, 5.74) is 6.94. The molecule has 0 radical (unpaired) electrons. The molecule has 1 amide bonds. The molecular weight excluding hydrogens is 430 g/mol. The van der Waals surface area contributed by atoms with Gasteiger partial charge in [-0.2, -0.15) is 0 Å². The molecule has 0 saturated heterocycles. The van der Waals surface area contributed by atoms with Crippen molar-refractivity contribution in [1.29, 1.82) is 0 Å². The van der Waals surface area contributed by atoms with E-state index < -0.39 is 31.1 Å². The van der Waals surface area contributed by atoms with Crippen LogP contribution < -0.4 is 15.9 Å². The average Bonchev–Trinajstić information content (AvgIpc) is 2.79. The van der Waals surface area contributed by atoms with Crippen LogP contribution in [0.3, 0.4) is 0 Å². The maximum absolute atomic E-state index is 12.7. The van der Waals surface area contributed by atoms with E-state index in [2.05, 4.69) is 0 Å². The van der Waals surface area contributed by atoms with Crippen molar-refractivity contribution in [2.24, 2.45) is 5.73 Å². The fraction of sp³-hybridized carbons (Fsp3) is 0.0833. The number of aliphatic carboxylic acids is 1. The Morgan fingerprint density at radius 3 is 2.48 bits per heavy atom. The van der Waals surface area contributed by atoms with Crippen LogP contribution in [-0.2, 0) is 14.3 Å². The zero-order chi connectivity index (χ0) is 23.5. The number of fused-ring (bicyclic) bond motifs is 2. The number of primary amides is 1. The highest BCUT2D eigenvalue weighted by atomic mass is 16.5. The molecule has 2 aromatic rings. The smallest absolute Gasteiger partial charge is 0.341 e. The first-order chi connectivity index (χ1) is 15.8. The number of amides is 1. The normalized spacial score (nSPS) is 10.8. The third-order valence-corrected chi connectivity index (χ3v) is 4.79. The van der Waals surface area contributed by atoms with Crippen LogP contribution in [0, 0.1) is 0 Å². The predicted octanol–water partition coefficient (Wildman–Crippen LogP) is 2.67. The van der Waals surface area contributed by atoms with Crippen LogP contribution >= 0.6 is 0 Å². The number of hydrogen-bond acceptors (Lipinski definition) is 7. The van der Waals surface area contributed by atoms with Crippen LogP contribution in [0.15, 0.2) is 69.9 Å². The van der Waals surface area contributed by atoms with E-state index in [0.29, 0.717) is 27.7 Å². The molecule has 9 heteroatoms. The number of esters is 1. The quantitative estimate of drug-likeness (QED) is 0.325. The molecule has 0 atom stereocenters. The lowest BCUT2D eigenvalue weighted by Gasteiger charge is -2.17. The van der Waals surface area contributed by atoms with Crippen molar-refractivity contribution in [1.82, 2.24) is 0 Å². The van der Waals surface area contributed by atoms with Gasteiger partial charge in [0, 0.05) is 28.6 Å². The fourth-order valence-electron chi connectivity index (χ4n) is 3.47. The standard InChI is InChI=1S/C24H17NO8/c25-21(27)11-32-24(30)16-4-2-1-3-15(16)23-17-7-5-13(26)9-19(17)33-20-10-14(6-8-18(20)23)31-12-22(28)29/h1-10H,11-12H2,(H2,25,27)(H,28,29). The summed E-state index contributed by atoms with van der Waals surface area (Å²) in [5.74, 6) is -2.14. The van der Waals surface area contributed by atoms with E-state index in [1.807, 2.05) is 0 Å². The molecule has 0 fully saturated rings. The van der Waals surface area contributed by atoms with Crippen LogP contribution in [0.1, 0.15) is 10.4 Å². The lowest BCUT2D eigenvalue weighted by molar-refractivity contribution is -0.139. The number of carbonyl (C=O) groups is 3. The highest BCUT2D eigenvalue weighted by Gasteiger charge is 2.22. The Kier molecular flexibility index (Phi) is 5.77. The number of carbonyl (C=O) groups excluding carboxylic acids is 2. The molecule has 1 heterocycles. The van der Waals surface area contributed by atoms with Crippen LogP contribution in [0.25, 0.3) is 33.4 Å². The summed E-state index contributed by atoms with van der Waals surface area (Å²) < 4.78 is 16.2. The zero-order valence-corrected chi connectivity index (χ0v) is 17.1. The SMILES string of the molecule is NC(=O)COC(=O)c1ccccc1-c1c2ccc(=O)cc-2oc2cc(OCC(=O)O)ccc12. The van der Waals surface area contributed by atoms with Crippen molar-refractivity contribution in [2.75, 3.05) is 13.2 Å². The number of carboxylic acids is 1. The number of rotatable bonds is 7. The number of nitrogens with two attached hydrogens (primary N) is 1. The van der Waals surface area contributed by atoms with Crippen molar-refractivity contribution < 1.29 is 33.4 Å². The van der Waals surface area contributed by atoms with Gasteiger partial charge in [0.25, 0.3) is 5.91 Å². The molecule has 9 nitrogen and oxygen atoms in total. The summed E-state index contributed by atoms with van der Waals surface area (Å²) in [6.07, 6.45) is 0. The van der Waals surface area contributed by atoms with Gasteiger partial charge < -0.3 is 24.7 Å². The maximum Gasteiger partial charge on any atom is 0.341 e. The number of carboxylic acid groups (broad SMARTS) is 1. The Labute approximate surface area is 186 Å². The molecule has 4 rings (SSSR count). The monoisotopic (exact) mass is 447 g/mol. The molecule has 166 valence electrons. The van der Waals surface area contributed by atoms with Crippen molar-refractivity contribution >= 4 is 28.8 Å². The largest absolute Gasteiger partial charge is 0.482 e. The van der Waals surface area contributed by atoms with Gasteiger partial charge in [-0.05, 0) is 35.9 Å².